The van der Waals surface area contributed by atoms with Crippen LogP contribution in [-0.2, 0) is 6.42 Å². The van der Waals surface area contributed by atoms with Crippen LogP contribution in [0.3, 0.4) is 0 Å². The molecule has 0 aliphatic carbocycles. The molecule has 1 aromatic heterocycles. The molecule has 3 N–H and O–H groups in total. The quantitative estimate of drug-likeness (QED) is 0.733. The molecule has 5 heteroatoms. The first-order valence-corrected chi connectivity index (χ1v) is 6.17. The number of nitrogens with two attached hydrogens (primary N) is 1. The Morgan fingerprint density at radius 1 is 1.50 bits per heavy atom. The molecule has 16 heavy (non-hydrogen) atoms. The third-order valence-electron chi connectivity index (χ3n) is 2.92. The van der Waals surface area contributed by atoms with E-state index in [-0.39, 0.29) is 0 Å². The molecule has 0 amide bonds. The van der Waals surface area contributed by atoms with Crippen molar-refractivity contribution in [2.75, 3.05) is 11.9 Å². The highest BCUT2D eigenvalue weighted by Crippen LogP contribution is 2.29. The summed E-state index contributed by atoms with van der Waals surface area (Å²) >= 11 is 5.03. The largest absolute Gasteiger partial charge is 0.374 e. The number of thiocarbonyl (C=S) groups is 1. The summed E-state index contributed by atoms with van der Waals surface area (Å²) in [6, 6.07) is 0. The number of aromatic nitrogens is 2. The Labute approximate surface area is 101 Å². The molecule has 0 radical (unpaired) electrons. The SMILES string of the molecule is CC(C)c1nn(C(N)=S)c2c1CCCCN2. The van der Waals surface area contributed by atoms with Crippen molar-refractivity contribution in [3.8, 4) is 0 Å². The van der Waals surface area contributed by atoms with Crippen molar-refractivity contribution in [2.24, 2.45) is 5.73 Å². The summed E-state index contributed by atoms with van der Waals surface area (Å²) in [6.45, 7) is 5.27. The van der Waals surface area contributed by atoms with Gasteiger partial charge in [0.2, 0.25) is 0 Å². The van der Waals surface area contributed by atoms with Crippen molar-refractivity contribution in [2.45, 2.75) is 39.0 Å². The van der Waals surface area contributed by atoms with Crippen LogP contribution in [0.4, 0.5) is 5.82 Å². The van der Waals surface area contributed by atoms with E-state index in [1.807, 2.05) is 0 Å². The second kappa shape index (κ2) is 4.41. The maximum atomic E-state index is 5.69. The first kappa shape index (κ1) is 11.4. The first-order valence-electron chi connectivity index (χ1n) is 5.76. The maximum Gasteiger partial charge on any atom is 0.193 e. The third-order valence-corrected chi connectivity index (χ3v) is 3.09. The normalized spacial score (nSPS) is 15.4. The van der Waals surface area contributed by atoms with Crippen LogP contribution in [-0.4, -0.2) is 21.4 Å². The highest BCUT2D eigenvalue weighted by molar-refractivity contribution is 7.80. The molecule has 0 unspecified atom stereocenters. The molecule has 4 nitrogen and oxygen atoms in total. The van der Waals surface area contributed by atoms with E-state index in [1.54, 1.807) is 4.68 Å². The molecule has 88 valence electrons. The number of nitrogens with one attached hydrogen (secondary N) is 1. The average Bonchev–Trinajstić information content (AvgIpc) is 2.41. The van der Waals surface area contributed by atoms with Gasteiger partial charge in [0, 0.05) is 12.1 Å². The molecular formula is C11H18N4S. The standard InChI is InChI=1S/C11H18N4S/c1-7(2)9-8-5-3-4-6-13-10(8)15(14-9)11(12)16/h7,13H,3-6H2,1-2H3,(H2,12,16). The minimum absolute atomic E-state index is 0.317. The molecule has 0 spiro atoms. The van der Waals surface area contributed by atoms with Crippen LogP contribution in [0.5, 0.6) is 0 Å². The van der Waals surface area contributed by atoms with E-state index >= 15 is 0 Å². The van der Waals surface area contributed by atoms with E-state index in [1.165, 1.54) is 18.4 Å². The van der Waals surface area contributed by atoms with Gasteiger partial charge < -0.3 is 11.1 Å². The molecule has 2 heterocycles. The fourth-order valence-electron chi connectivity index (χ4n) is 2.15. The van der Waals surface area contributed by atoms with Gasteiger partial charge >= 0.3 is 0 Å². The summed E-state index contributed by atoms with van der Waals surface area (Å²) in [6.07, 6.45) is 3.45. The number of hydrogen-bond donors (Lipinski definition) is 2. The molecule has 0 saturated heterocycles. The van der Waals surface area contributed by atoms with Gasteiger partial charge in [0.1, 0.15) is 5.82 Å². The number of hydrogen-bond acceptors (Lipinski definition) is 3. The van der Waals surface area contributed by atoms with Gasteiger partial charge in [0.25, 0.3) is 0 Å². The van der Waals surface area contributed by atoms with E-state index in [2.05, 4.69) is 24.3 Å². The van der Waals surface area contributed by atoms with Gasteiger partial charge in [0.05, 0.1) is 5.69 Å². The van der Waals surface area contributed by atoms with Crippen molar-refractivity contribution in [3.05, 3.63) is 11.3 Å². The lowest BCUT2D eigenvalue weighted by Crippen LogP contribution is -2.23. The Morgan fingerprint density at radius 3 is 2.88 bits per heavy atom. The van der Waals surface area contributed by atoms with E-state index in [0.29, 0.717) is 11.0 Å². The molecule has 1 aromatic rings. The summed E-state index contributed by atoms with van der Waals surface area (Å²) in [7, 11) is 0. The Morgan fingerprint density at radius 2 is 2.25 bits per heavy atom. The molecule has 1 aliphatic rings. The molecule has 0 saturated carbocycles. The van der Waals surface area contributed by atoms with Crippen molar-refractivity contribution < 1.29 is 0 Å². The van der Waals surface area contributed by atoms with Crippen molar-refractivity contribution in [1.29, 1.82) is 0 Å². The Balaban J connectivity index is 2.53. The van der Waals surface area contributed by atoms with Crippen LogP contribution in [0.25, 0.3) is 0 Å². The van der Waals surface area contributed by atoms with Gasteiger partial charge in [-0.05, 0) is 37.4 Å². The molecule has 1 aliphatic heterocycles. The summed E-state index contributed by atoms with van der Waals surface area (Å²) in [5.74, 6) is 1.41. The van der Waals surface area contributed by atoms with E-state index < -0.39 is 0 Å². The zero-order chi connectivity index (χ0) is 11.7. The fourth-order valence-corrected chi connectivity index (χ4v) is 2.28. The Bertz CT molecular complexity index is 408. The number of rotatable bonds is 1. The van der Waals surface area contributed by atoms with Crippen molar-refractivity contribution in [1.82, 2.24) is 9.78 Å². The number of nitrogens with zero attached hydrogens (tertiary/aromatic N) is 2. The highest BCUT2D eigenvalue weighted by Gasteiger charge is 2.22. The molecular weight excluding hydrogens is 220 g/mol. The van der Waals surface area contributed by atoms with Gasteiger partial charge in [-0.1, -0.05) is 13.8 Å². The van der Waals surface area contributed by atoms with Gasteiger partial charge in [-0.2, -0.15) is 9.78 Å². The van der Waals surface area contributed by atoms with Crippen LogP contribution in [0.2, 0.25) is 0 Å². The number of fused-ring (bicyclic) bond motifs is 1. The predicted octanol–water partition coefficient (Wildman–Crippen LogP) is 1.85. The minimum Gasteiger partial charge on any atom is -0.374 e. The zero-order valence-corrected chi connectivity index (χ0v) is 10.6. The molecule has 0 fully saturated rings. The van der Waals surface area contributed by atoms with Crippen molar-refractivity contribution >= 4 is 23.1 Å². The fraction of sp³-hybridized carbons (Fsp3) is 0.636. The van der Waals surface area contributed by atoms with Crippen LogP contribution in [0, 0.1) is 0 Å². The van der Waals surface area contributed by atoms with Crippen LogP contribution in [0.15, 0.2) is 0 Å². The first-order chi connectivity index (χ1) is 7.61. The summed E-state index contributed by atoms with van der Waals surface area (Å²) < 4.78 is 1.67. The van der Waals surface area contributed by atoms with Gasteiger partial charge in [-0.3, -0.25) is 0 Å². The molecule has 0 aromatic carbocycles. The monoisotopic (exact) mass is 238 g/mol. The van der Waals surface area contributed by atoms with E-state index in [0.717, 1.165) is 24.5 Å². The summed E-state index contributed by atoms with van der Waals surface area (Å²) in [5, 5.41) is 8.22. The van der Waals surface area contributed by atoms with Gasteiger partial charge in [0.15, 0.2) is 5.11 Å². The third kappa shape index (κ3) is 1.91. The van der Waals surface area contributed by atoms with Gasteiger partial charge in [-0.15, -0.1) is 0 Å². The van der Waals surface area contributed by atoms with Crippen LogP contribution >= 0.6 is 12.2 Å². The van der Waals surface area contributed by atoms with Crippen molar-refractivity contribution in [3.63, 3.8) is 0 Å². The predicted molar refractivity (Wildman–Crippen MR) is 69.9 cm³/mol. The minimum atomic E-state index is 0.317. The van der Waals surface area contributed by atoms with E-state index in [9.17, 15) is 0 Å². The lowest BCUT2D eigenvalue weighted by Gasteiger charge is -2.06. The molecule has 2 rings (SSSR count). The molecule has 0 atom stereocenters. The summed E-state index contributed by atoms with van der Waals surface area (Å²) in [5.41, 5.74) is 8.11. The lowest BCUT2D eigenvalue weighted by atomic mass is 10.0. The highest BCUT2D eigenvalue weighted by atomic mass is 32.1. The topological polar surface area (TPSA) is 55.9 Å². The molecule has 0 bridgehead atoms. The van der Waals surface area contributed by atoms with E-state index in [4.69, 9.17) is 18.0 Å². The second-order valence-electron chi connectivity index (χ2n) is 4.50. The van der Waals surface area contributed by atoms with Gasteiger partial charge in [-0.25, -0.2) is 0 Å². The second-order valence-corrected chi connectivity index (χ2v) is 4.92. The lowest BCUT2D eigenvalue weighted by molar-refractivity contribution is 0.738. The number of anilines is 1. The Hall–Kier alpha value is -1.10. The maximum absolute atomic E-state index is 5.69. The van der Waals surface area contributed by atoms with Crippen LogP contribution in [0.1, 0.15) is 43.9 Å². The Kier molecular flexibility index (Phi) is 3.14. The smallest absolute Gasteiger partial charge is 0.193 e. The average molecular weight is 238 g/mol. The summed E-state index contributed by atoms with van der Waals surface area (Å²) in [4.78, 5) is 0. The zero-order valence-electron chi connectivity index (χ0n) is 9.79. The van der Waals surface area contributed by atoms with Crippen LogP contribution < -0.4 is 11.1 Å².